The molecule has 1 unspecified atom stereocenters. The Morgan fingerprint density at radius 1 is 1.14 bits per heavy atom. The van der Waals surface area contributed by atoms with Gasteiger partial charge in [0.1, 0.15) is 11.6 Å². The molecular weight excluding hydrogens is 470 g/mol. The SMILES string of the molecule is Nc1nccc(-c2ccc3nc(C4COc5ccc(C(=O)NCCN6CCOCC6)cc5C4)[nH]c3c2)n1. The summed E-state index contributed by atoms with van der Waals surface area (Å²) in [5.41, 5.74) is 10.9. The van der Waals surface area contributed by atoms with Crippen molar-refractivity contribution < 1.29 is 14.3 Å². The molecule has 0 aliphatic carbocycles. The Balaban J connectivity index is 1.14. The summed E-state index contributed by atoms with van der Waals surface area (Å²) in [4.78, 5) is 31.6. The number of aromatic nitrogens is 4. The number of hydrogen-bond donors (Lipinski definition) is 3. The molecule has 2 aliphatic heterocycles. The molecule has 1 fully saturated rings. The van der Waals surface area contributed by atoms with Gasteiger partial charge in [0.25, 0.3) is 5.91 Å². The van der Waals surface area contributed by atoms with Crippen LogP contribution in [0.5, 0.6) is 5.75 Å². The Labute approximate surface area is 214 Å². The summed E-state index contributed by atoms with van der Waals surface area (Å²) in [6.07, 6.45) is 2.38. The molecule has 0 saturated carbocycles. The monoisotopic (exact) mass is 499 g/mol. The standard InChI is InChI=1S/C27H29N7O3/c28-27-30-6-5-21(33-27)17-1-3-22-23(15-17)32-25(31-22)20-14-19-13-18(2-4-24(19)37-16-20)26(35)29-7-8-34-9-11-36-12-10-34/h1-6,13,15,20H,7-12,14,16H2,(H,29,35)(H,31,32)(H2,28,30,33). The Kier molecular flexibility index (Phi) is 6.42. The number of carbonyl (C=O) groups is 1. The lowest BCUT2D eigenvalue weighted by Crippen LogP contribution is -2.41. The van der Waals surface area contributed by atoms with Crippen LogP contribution in [0.1, 0.15) is 27.7 Å². The fourth-order valence-corrected chi connectivity index (χ4v) is 4.88. The number of anilines is 1. The number of rotatable bonds is 6. The third-order valence-corrected chi connectivity index (χ3v) is 6.90. The number of hydrogen-bond acceptors (Lipinski definition) is 8. The van der Waals surface area contributed by atoms with Crippen LogP contribution in [0.15, 0.2) is 48.7 Å². The zero-order valence-corrected chi connectivity index (χ0v) is 20.4. The number of fused-ring (bicyclic) bond motifs is 2. The first-order chi connectivity index (χ1) is 18.1. The van der Waals surface area contributed by atoms with Crippen LogP contribution in [0, 0.1) is 0 Å². The van der Waals surface area contributed by atoms with Gasteiger partial charge >= 0.3 is 0 Å². The van der Waals surface area contributed by atoms with Gasteiger partial charge in [-0.15, -0.1) is 0 Å². The second kappa shape index (κ2) is 10.2. The van der Waals surface area contributed by atoms with E-state index in [-0.39, 0.29) is 17.8 Å². The van der Waals surface area contributed by atoms with Crippen molar-refractivity contribution in [3.05, 3.63) is 65.6 Å². The van der Waals surface area contributed by atoms with Crippen LogP contribution in [0.2, 0.25) is 0 Å². The van der Waals surface area contributed by atoms with E-state index in [1.807, 2.05) is 42.5 Å². The van der Waals surface area contributed by atoms with E-state index in [0.717, 1.165) is 78.7 Å². The van der Waals surface area contributed by atoms with E-state index in [0.29, 0.717) is 18.7 Å². The van der Waals surface area contributed by atoms with Crippen molar-refractivity contribution >= 4 is 22.9 Å². The largest absolute Gasteiger partial charge is 0.493 e. The van der Waals surface area contributed by atoms with E-state index >= 15 is 0 Å². The molecule has 190 valence electrons. The van der Waals surface area contributed by atoms with Crippen LogP contribution in [0.3, 0.4) is 0 Å². The van der Waals surface area contributed by atoms with Gasteiger partial charge in [-0.25, -0.2) is 15.0 Å². The predicted octanol–water partition coefficient (Wildman–Crippen LogP) is 2.38. The first-order valence-electron chi connectivity index (χ1n) is 12.5. The second-order valence-corrected chi connectivity index (χ2v) is 9.40. The fourth-order valence-electron chi connectivity index (χ4n) is 4.88. The number of H-pyrrole nitrogens is 1. The molecule has 4 N–H and O–H groups in total. The lowest BCUT2D eigenvalue weighted by molar-refractivity contribution is 0.0383. The predicted molar refractivity (Wildman–Crippen MR) is 140 cm³/mol. The number of nitrogens with two attached hydrogens (primary N) is 1. The van der Waals surface area contributed by atoms with Crippen molar-refractivity contribution in [2.45, 2.75) is 12.3 Å². The quantitative estimate of drug-likeness (QED) is 0.369. The number of nitrogen functional groups attached to an aromatic ring is 1. The number of morpholine rings is 1. The summed E-state index contributed by atoms with van der Waals surface area (Å²) in [6.45, 7) is 5.28. The summed E-state index contributed by atoms with van der Waals surface area (Å²) in [6, 6.07) is 13.4. The Bertz CT molecular complexity index is 1430. The molecule has 0 radical (unpaired) electrons. The summed E-state index contributed by atoms with van der Waals surface area (Å²) >= 11 is 0. The van der Waals surface area contributed by atoms with Crippen LogP contribution in [0.4, 0.5) is 5.95 Å². The molecule has 0 spiro atoms. The molecule has 6 rings (SSSR count). The van der Waals surface area contributed by atoms with E-state index in [4.69, 9.17) is 20.2 Å². The van der Waals surface area contributed by atoms with Gasteiger partial charge in [0.2, 0.25) is 5.95 Å². The summed E-state index contributed by atoms with van der Waals surface area (Å²) in [7, 11) is 0. The maximum absolute atomic E-state index is 12.8. The van der Waals surface area contributed by atoms with Crippen molar-refractivity contribution in [1.82, 2.24) is 30.2 Å². The minimum absolute atomic E-state index is 0.0534. The molecule has 2 aromatic carbocycles. The molecule has 37 heavy (non-hydrogen) atoms. The maximum atomic E-state index is 12.8. The number of nitrogens with one attached hydrogen (secondary N) is 2. The van der Waals surface area contributed by atoms with E-state index in [2.05, 4.69) is 25.2 Å². The lowest BCUT2D eigenvalue weighted by Gasteiger charge is -2.26. The zero-order valence-electron chi connectivity index (χ0n) is 20.4. The molecule has 1 atom stereocenters. The molecule has 2 aromatic heterocycles. The number of ether oxygens (including phenoxy) is 2. The normalized spacial score (nSPS) is 17.8. The minimum atomic E-state index is -0.0696. The molecular formula is C27H29N7O3. The topological polar surface area (TPSA) is 131 Å². The van der Waals surface area contributed by atoms with Crippen molar-refractivity contribution in [3.63, 3.8) is 0 Å². The van der Waals surface area contributed by atoms with Gasteiger partial charge in [0.15, 0.2) is 0 Å². The van der Waals surface area contributed by atoms with Gasteiger partial charge in [-0.3, -0.25) is 9.69 Å². The highest BCUT2D eigenvalue weighted by atomic mass is 16.5. The Hall–Kier alpha value is -4.02. The maximum Gasteiger partial charge on any atom is 0.251 e. The highest BCUT2D eigenvalue weighted by molar-refractivity contribution is 5.94. The van der Waals surface area contributed by atoms with Gasteiger partial charge in [0.05, 0.1) is 42.5 Å². The molecule has 1 saturated heterocycles. The average molecular weight is 500 g/mol. The van der Waals surface area contributed by atoms with Crippen molar-refractivity contribution in [2.24, 2.45) is 0 Å². The lowest BCUT2D eigenvalue weighted by atomic mass is 9.94. The van der Waals surface area contributed by atoms with Gasteiger partial charge in [0, 0.05) is 43.5 Å². The van der Waals surface area contributed by atoms with E-state index in [9.17, 15) is 4.79 Å². The van der Waals surface area contributed by atoms with Crippen LogP contribution in [0.25, 0.3) is 22.3 Å². The zero-order chi connectivity index (χ0) is 25.2. The van der Waals surface area contributed by atoms with Crippen LogP contribution >= 0.6 is 0 Å². The molecule has 4 heterocycles. The summed E-state index contributed by atoms with van der Waals surface area (Å²) in [5, 5.41) is 3.04. The Morgan fingerprint density at radius 3 is 2.89 bits per heavy atom. The first kappa shape index (κ1) is 23.4. The van der Waals surface area contributed by atoms with Gasteiger partial charge in [-0.2, -0.15) is 0 Å². The average Bonchev–Trinajstić information content (AvgIpc) is 3.36. The van der Waals surface area contributed by atoms with E-state index in [1.165, 1.54) is 0 Å². The van der Waals surface area contributed by atoms with E-state index < -0.39 is 0 Å². The summed E-state index contributed by atoms with van der Waals surface area (Å²) in [5.74, 6) is 1.91. The molecule has 4 aromatic rings. The Morgan fingerprint density at radius 2 is 2.03 bits per heavy atom. The number of benzene rings is 2. The molecule has 1 amide bonds. The van der Waals surface area contributed by atoms with Gasteiger partial charge < -0.3 is 25.5 Å². The number of aromatic amines is 1. The smallest absolute Gasteiger partial charge is 0.251 e. The van der Waals surface area contributed by atoms with Crippen molar-refractivity contribution in [1.29, 1.82) is 0 Å². The number of nitrogens with zero attached hydrogens (tertiary/aromatic N) is 4. The van der Waals surface area contributed by atoms with Gasteiger partial charge in [-0.1, -0.05) is 6.07 Å². The third kappa shape index (κ3) is 5.11. The highest BCUT2D eigenvalue weighted by Gasteiger charge is 2.25. The minimum Gasteiger partial charge on any atom is -0.493 e. The highest BCUT2D eigenvalue weighted by Crippen LogP contribution is 2.33. The molecule has 2 aliphatic rings. The van der Waals surface area contributed by atoms with Gasteiger partial charge in [-0.05, 0) is 48.4 Å². The van der Waals surface area contributed by atoms with E-state index in [1.54, 1.807) is 6.20 Å². The van der Waals surface area contributed by atoms with Crippen molar-refractivity contribution in [3.8, 4) is 17.0 Å². The number of carbonyl (C=O) groups excluding carboxylic acids is 1. The van der Waals surface area contributed by atoms with Crippen LogP contribution in [-0.2, 0) is 11.2 Å². The molecule has 10 nitrogen and oxygen atoms in total. The first-order valence-corrected chi connectivity index (χ1v) is 12.5. The number of amides is 1. The molecule has 0 bridgehead atoms. The van der Waals surface area contributed by atoms with Crippen LogP contribution < -0.4 is 15.8 Å². The van der Waals surface area contributed by atoms with Crippen molar-refractivity contribution in [2.75, 3.05) is 51.7 Å². The second-order valence-electron chi connectivity index (χ2n) is 9.40. The summed E-state index contributed by atoms with van der Waals surface area (Å²) < 4.78 is 11.4. The molecule has 10 heteroatoms. The fraction of sp³-hybridized carbons (Fsp3) is 0.333. The van der Waals surface area contributed by atoms with Crippen LogP contribution in [-0.4, -0.2) is 76.7 Å². The third-order valence-electron chi connectivity index (χ3n) is 6.90. The number of imidazole rings is 1.